The number of hydrogen-bond acceptors (Lipinski definition) is 3. The van der Waals surface area contributed by atoms with Gasteiger partial charge in [0.05, 0.1) is 8.66 Å². The summed E-state index contributed by atoms with van der Waals surface area (Å²) in [5.41, 5.74) is 0. The zero-order chi connectivity index (χ0) is 10.8. The average Bonchev–Trinajstić information content (AvgIpc) is 2.65. The van der Waals surface area contributed by atoms with Crippen LogP contribution in [0.15, 0.2) is 15.9 Å². The number of rotatable bonds is 1. The van der Waals surface area contributed by atoms with E-state index < -0.39 is 0 Å². The normalized spacial score (nSPS) is 21.7. The van der Waals surface area contributed by atoms with Crippen molar-refractivity contribution < 1.29 is 4.79 Å². The first kappa shape index (κ1) is 11.1. The molecule has 1 atom stereocenters. The Balaban J connectivity index is 2.13. The second-order valence-corrected chi connectivity index (χ2v) is 6.12. The molecule has 2 rings (SSSR count). The van der Waals surface area contributed by atoms with Crippen molar-refractivity contribution in [3.05, 3.63) is 20.8 Å². The van der Waals surface area contributed by atoms with Gasteiger partial charge in [0.25, 0.3) is 5.91 Å². The van der Waals surface area contributed by atoms with Gasteiger partial charge in [-0.25, -0.2) is 0 Å². The molecule has 82 valence electrons. The maximum absolute atomic E-state index is 12.1. The van der Waals surface area contributed by atoms with Gasteiger partial charge in [-0.15, -0.1) is 11.3 Å². The lowest BCUT2D eigenvalue weighted by Crippen LogP contribution is -2.52. The summed E-state index contributed by atoms with van der Waals surface area (Å²) < 4.78 is 1.01. The van der Waals surface area contributed by atoms with E-state index in [1.165, 1.54) is 11.3 Å². The van der Waals surface area contributed by atoms with Crippen LogP contribution < -0.4 is 5.32 Å². The molecular weight excluding hydrogens is 276 g/mol. The fourth-order valence-corrected chi connectivity index (χ4v) is 3.06. The molecule has 0 unspecified atom stereocenters. The van der Waals surface area contributed by atoms with E-state index in [1.807, 2.05) is 17.0 Å². The number of carbonyl (C=O) groups excluding carboxylic acids is 1. The first-order valence-corrected chi connectivity index (χ1v) is 6.56. The Bertz CT molecular complexity index is 366. The Labute approximate surface area is 102 Å². The average molecular weight is 289 g/mol. The van der Waals surface area contributed by atoms with Gasteiger partial charge in [0.1, 0.15) is 0 Å². The fourth-order valence-electron chi connectivity index (χ4n) is 1.71. The standard InChI is InChI=1S/C10H13BrN2OS/c1-7-6-12-4-5-13(7)10(14)8-2-3-9(11)15-8/h2-3,7,12H,4-6H2,1H3/t7-/m1/s1. The number of hydrogen-bond donors (Lipinski definition) is 1. The molecule has 5 heteroatoms. The molecule has 1 N–H and O–H groups in total. The van der Waals surface area contributed by atoms with Crippen molar-refractivity contribution in [1.82, 2.24) is 10.2 Å². The summed E-state index contributed by atoms with van der Waals surface area (Å²) in [6, 6.07) is 4.09. The number of carbonyl (C=O) groups is 1. The molecule has 1 aromatic heterocycles. The molecular formula is C10H13BrN2OS. The highest BCUT2D eigenvalue weighted by molar-refractivity contribution is 9.11. The Morgan fingerprint density at radius 1 is 1.67 bits per heavy atom. The number of halogens is 1. The summed E-state index contributed by atoms with van der Waals surface area (Å²) in [6.07, 6.45) is 0. The highest BCUT2D eigenvalue weighted by Gasteiger charge is 2.24. The largest absolute Gasteiger partial charge is 0.333 e. The molecule has 2 heterocycles. The third-order valence-corrected chi connectivity index (χ3v) is 4.16. The van der Waals surface area contributed by atoms with Crippen LogP contribution in [0, 0.1) is 0 Å². The van der Waals surface area contributed by atoms with Crippen LogP contribution in [0.5, 0.6) is 0 Å². The second-order valence-electron chi connectivity index (χ2n) is 3.66. The Morgan fingerprint density at radius 3 is 3.07 bits per heavy atom. The zero-order valence-corrected chi connectivity index (χ0v) is 10.9. The van der Waals surface area contributed by atoms with Gasteiger partial charge in [0.2, 0.25) is 0 Å². The van der Waals surface area contributed by atoms with Crippen molar-refractivity contribution >= 4 is 33.2 Å². The molecule has 0 spiro atoms. The lowest BCUT2D eigenvalue weighted by atomic mass is 10.2. The summed E-state index contributed by atoms with van der Waals surface area (Å²) in [7, 11) is 0. The van der Waals surface area contributed by atoms with Crippen molar-refractivity contribution in [3.63, 3.8) is 0 Å². The predicted molar refractivity (Wildman–Crippen MR) is 65.4 cm³/mol. The van der Waals surface area contributed by atoms with Crippen LogP contribution in [-0.2, 0) is 0 Å². The van der Waals surface area contributed by atoms with Crippen LogP contribution in [0.2, 0.25) is 0 Å². The molecule has 0 aromatic carbocycles. The van der Waals surface area contributed by atoms with E-state index in [1.54, 1.807) is 0 Å². The van der Waals surface area contributed by atoms with Crippen molar-refractivity contribution in [3.8, 4) is 0 Å². The van der Waals surface area contributed by atoms with Crippen LogP contribution >= 0.6 is 27.3 Å². The van der Waals surface area contributed by atoms with Crippen LogP contribution in [0.3, 0.4) is 0 Å². The number of amides is 1. The zero-order valence-electron chi connectivity index (χ0n) is 8.50. The topological polar surface area (TPSA) is 32.3 Å². The number of nitrogens with zero attached hydrogens (tertiary/aromatic N) is 1. The molecule has 0 radical (unpaired) electrons. The Morgan fingerprint density at radius 2 is 2.47 bits per heavy atom. The van der Waals surface area contributed by atoms with Gasteiger partial charge in [0, 0.05) is 25.7 Å². The van der Waals surface area contributed by atoms with Gasteiger partial charge in [-0.1, -0.05) is 0 Å². The van der Waals surface area contributed by atoms with Crippen molar-refractivity contribution in [1.29, 1.82) is 0 Å². The fraction of sp³-hybridized carbons (Fsp3) is 0.500. The molecule has 1 fully saturated rings. The van der Waals surface area contributed by atoms with E-state index in [4.69, 9.17) is 0 Å². The SMILES string of the molecule is C[C@@H]1CNCCN1C(=O)c1ccc(Br)s1. The minimum atomic E-state index is 0.153. The number of thiophene rings is 1. The molecule has 1 aliphatic rings. The summed E-state index contributed by atoms with van der Waals surface area (Å²) in [5, 5.41) is 3.28. The van der Waals surface area contributed by atoms with Crippen LogP contribution in [0.4, 0.5) is 0 Å². The minimum absolute atomic E-state index is 0.153. The molecule has 1 saturated heterocycles. The summed E-state index contributed by atoms with van der Waals surface area (Å²) in [6.45, 7) is 4.66. The van der Waals surface area contributed by atoms with Gasteiger partial charge >= 0.3 is 0 Å². The highest BCUT2D eigenvalue weighted by atomic mass is 79.9. The van der Waals surface area contributed by atoms with Gasteiger partial charge in [-0.05, 0) is 35.0 Å². The first-order chi connectivity index (χ1) is 7.18. The minimum Gasteiger partial charge on any atom is -0.333 e. The molecule has 1 aromatic rings. The van der Waals surface area contributed by atoms with Gasteiger partial charge < -0.3 is 10.2 Å². The molecule has 15 heavy (non-hydrogen) atoms. The molecule has 1 aliphatic heterocycles. The summed E-state index contributed by atoms with van der Waals surface area (Å²) >= 11 is 4.87. The van der Waals surface area contributed by atoms with E-state index in [2.05, 4.69) is 28.2 Å². The maximum Gasteiger partial charge on any atom is 0.264 e. The number of piperazine rings is 1. The molecule has 0 bridgehead atoms. The monoisotopic (exact) mass is 288 g/mol. The van der Waals surface area contributed by atoms with Gasteiger partial charge in [-0.2, -0.15) is 0 Å². The summed E-state index contributed by atoms with van der Waals surface area (Å²) in [5.74, 6) is 0.153. The third-order valence-electron chi connectivity index (χ3n) is 2.55. The lowest BCUT2D eigenvalue weighted by molar-refractivity contribution is 0.0661. The highest BCUT2D eigenvalue weighted by Crippen LogP contribution is 2.24. The second kappa shape index (κ2) is 4.63. The predicted octanol–water partition coefficient (Wildman–Crippen LogP) is 1.94. The van der Waals surface area contributed by atoms with E-state index in [9.17, 15) is 4.79 Å². The van der Waals surface area contributed by atoms with Crippen molar-refractivity contribution in [2.24, 2.45) is 0 Å². The van der Waals surface area contributed by atoms with Crippen molar-refractivity contribution in [2.45, 2.75) is 13.0 Å². The molecule has 1 amide bonds. The maximum atomic E-state index is 12.1. The lowest BCUT2D eigenvalue weighted by Gasteiger charge is -2.33. The smallest absolute Gasteiger partial charge is 0.264 e. The quantitative estimate of drug-likeness (QED) is 0.857. The van der Waals surface area contributed by atoms with Crippen molar-refractivity contribution in [2.75, 3.05) is 19.6 Å². The molecule has 0 aliphatic carbocycles. The first-order valence-electron chi connectivity index (χ1n) is 4.95. The van der Waals surface area contributed by atoms with E-state index in [-0.39, 0.29) is 11.9 Å². The Hall–Kier alpha value is -0.390. The van der Waals surface area contributed by atoms with Crippen LogP contribution in [-0.4, -0.2) is 36.5 Å². The van der Waals surface area contributed by atoms with E-state index >= 15 is 0 Å². The Kier molecular flexibility index (Phi) is 3.43. The molecule has 0 saturated carbocycles. The third kappa shape index (κ3) is 2.41. The van der Waals surface area contributed by atoms with Crippen LogP contribution in [0.25, 0.3) is 0 Å². The van der Waals surface area contributed by atoms with Gasteiger partial charge in [-0.3, -0.25) is 4.79 Å². The molecule has 3 nitrogen and oxygen atoms in total. The van der Waals surface area contributed by atoms with E-state index in [0.717, 1.165) is 28.3 Å². The van der Waals surface area contributed by atoms with E-state index in [0.29, 0.717) is 0 Å². The summed E-state index contributed by atoms with van der Waals surface area (Å²) in [4.78, 5) is 14.9. The van der Waals surface area contributed by atoms with Crippen LogP contribution in [0.1, 0.15) is 16.6 Å². The number of nitrogens with one attached hydrogen (secondary N) is 1. The van der Waals surface area contributed by atoms with Gasteiger partial charge in [0.15, 0.2) is 0 Å².